The van der Waals surface area contributed by atoms with Gasteiger partial charge >= 0.3 is 5.51 Å². The second kappa shape index (κ2) is 9.11. The molecule has 2 aliphatic heterocycles. The molecule has 10 heteroatoms. The second-order valence-electron chi connectivity index (χ2n) is 6.71. The van der Waals surface area contributed by atoms with Gasteiger partial charge in [0, 0.05) is 22.7 Å². The molecule has 0 aromatic heterocycles. The molecule has 0 bridgehead atoms. The van der Waals surface area contributed by atoms with Gasteiger partial charge < -0.3 is 14.0 Å². The topological polar surface area (TPSA) is 75.7 Å². The number of ether oxygens (including phenoxy) is 2. The zero-order valence-corrected chi connectivity index (χ0v) is 17.1. The number of rotatable bonds is 3. The first kappa shape index (κ1) is 22.2. The summed E-state index contributed by atoms with van der Waals surface area (Å²) >= 11 is 0. The van der Waals surface area contributed by atoms with E-state index < -0.39 is 15.6 Å². The second-order valence-corrected chi connectivity index (χ2v) is 10.3. The van der Waals surface area contributed by atoms with Gasteiger partial charge in [-0.05, 0) is 42.8 Å². The zero-order chi connectivity index (χ0) is 21.1. The van der Waals surface area contributed by atoms with E-state index in [1.807, 2.05) is 0 Å². The fourth-order valence-corrected chi connectivity index (χ4v) is 5.72. The van der Waals surface area contributed by atoms with Crippen LogP contribution in [0.3, 0.4) is 0 Å². The molecule has 2 aromatic carbocycles. The fourth-order valence-electron chi connectivity index (χ4n) is 3.22. The van der Waals surface area contributed by atoms with Crippen LogP contribution >= 0.6 is 0 Å². The van der Waals surface area contributed by atoms with Gasteiger partial charge in [-0.1, -0.05) is 18.2 Å². The largest absolute Gasteiger partial charge is 0.741 e. The third kappa shape index (κ3) is 5.78. The average molecular weight is 451 g/mol. The third-order valence-corrected chi connectivity index (χ3v) is 7.70. The highest BCUT2D eigenvalue weighted by molar-refractivity contribution is 7.97. The summed E-state index contributed by atoms with van der Waals surface area (Å²) < 4.78 is 70.5. The molecule has 29 heavy (non-hydrogen) atoms. The first-order valence-electron chi connectivity index (χ1n) is 9.16. The summed E-state index contributed by atoms with van der Waals surface area (Å²) in [6.07, 6.45) is 4.82. The van der Waals surface area contributed by atoms with Crippen LogP contribution in [0.25, 0.3) is 10.8 Å². The maximum Gasteiger partial charge on any atom is 0.485 e. The molecule has 0 amide bonds. The predicted molar refractivity (Wildman–Crippen MR) is 104 cm³/mol. The van der Waals surface area contributed by atoms with Crippen molar-refractivity contribution in [3.05, 3.63) is 36.4 Å². The van der Waals surface area contributed by atoms with Crippen LogP contribution in [0.2, 0.25) is 0 Å². The summed E-state index contributed by atoms with van der Waals surface area (Å²) in [5.41, 5.74) is -5.65. The Morgan fingerprint density at radius 1 is 1.10 bits per heavy atom. The molecular formula is C19H21F3O5S2. The smallest absolute Gasteiger partial charge is 0.485 e. The lowest BCUT2D eigenvalue weighted by molar-refractivity contribution is -0.0518. The molecule has 5 nitrogen and oxygen atoms in total. The van der Waals surface area contributed by atoms with E-state index in [0.717, 1.165) is 25.2 Å². The molecule has 2 aliphatic rings. The summed E-state index contributed by atoms with van der Waals surface area (Å²) in [7, 11) is -5.65. The quantitative estimate of drug-likeness (QED) is 0.398. The zero-order valence-electron chi connectivity index (χ0n) is 15.5. The minimum absolute atomic E-state index is 0.0523. The number of hydrogen-bond acceptors (Lipinski definition) is 5. The minimum atomic E-state index is -6.09. The van der Waals surface area contributed by atoms with Crippen LogP contribution in [-0.4, -0.2) is 42.9 Å². The lowest BCUT2D eigenvalue weighted by Crippen LogP contribution is -2.21. The van der Waals surface area contributed by atoms with E-state index in [-0.39, 0.29) is 6.29 Å². The van der Waals surface area contributed by atoms with Crippen molar-refractivity contribution in [2.24, 2.45) is 0 Å². The van der Waals surface area contributed by atoms with Crippen molar-refractivity contribution < 1.29 is 35.6 Å². The van der Waals surface area contributed by atoms with Crippen LogP contribution < -0.4 is 4.74 Å². The van der Waals surface area contributed by atoms with Crippen LogP contribution in [0.15, 0.2) is 41.3 Å². The van der Waals surface area contributed by atoms with Gasteiger partial charge in [-0.2, -0.15) is 13.2 Å². The number of fused-ring (bicyclic) bond motifs is 1. The van der Waals surface area contributed by atoms with E-state index in [1.165, 1.54) is 40.0 Å². The first-order valence-corrected chi connectivity index (χ1v) is 12.1. The third-order valence-electron chi connectivity index (χ3n) is 4.59. The van der Waals surface area contributed by atoms with Gasteiger partial charge in [0.2, 0.25) is 0 Å². The molecular weight excluding hydrogens is 429 g/mol. The minimum Gasteiger partial charge on any atom is -0.741 e. The van der Waals surface area contributed by atoms with Gasteiger partial charge in [-0.15, -0.1) is 0 Å². The monoisotopic (exact) mass is 450 g/mol. The van der Waals surface area contributed by atoms with Crippen LogP contribution in [-0.2, 0) is 25.7 Å². The number of alkyl halides is 3. The molecule has 0 N–H and O–H groups in total. The van der Waals surface area contributed by atoms with Gasteiger partial charge in [0.25, 0.3) is 0 Å². The maximum absolute atomic E-state index is 10.7. The Hall–Kier alpha value is -1.49. The molecule has 0 aliphatic carbocycles. The number of hydrogen-bond donors (Lipinski definition) is 0. The maximum atomic E-state index is 10.7. The number of benzene rings is 2. The van der Waals surface area contributed by atoms with E-state index >= 15 is 0 Å². The van der Waals surface area contributed by atoms with Crippen LogP contribution in [0.4, 0.5) is 13.2 Å². The molecule has 1 unspecified atom stereocenters. The van der Waals surface area contributed by atoms with Gasteiger partial charge in [0.05, 0.1) is 6.61 Å². The van der Waals surface area contributed by atoms with Crippen LogP contribution in [0.5, 0.6) is 5.75 Å². The van der Waals surface area contributed by atoms with E-state index in [9.17, 15) is 13.2 Å². The lowest BCUT2D eigenvalue weighted by Gasteiger charge is -2.13. The van der Waals surface area contributed by atoms with Crippen molar-refractivity contribution in [3.8, 4) is 5.75 Å². The van der Waals surface area contributed by atoms with Crippen molar-refractivity contribution in [1.29, 1.82) is 0 Å². The highest BCUT2D eigenvalue weighted by atomic mass is 32.2. The average Bonchev–Trinajstić information content (AvgIpc) is 3.34. The SMILES string of the molecule is O=S(=O)([O-])C(F)(F)F.c1cc([S+]2CCCC2)c2cc(OC3CCCO3)ccc2c1. The molecule has 0 saturated carbocycles. The van der Waals surface area contributed by atoms with E-state index in [1.54, 1.807) is 0 Å². The Balaban J connectivity index is 0.000000258. The van der Waals surface area contributed by atoms with Crippen molar-refractivity contribution in [2.45, 2.75) is 42.4 Å². The molecule has 2 aromatic rings. The van der Waals surface area contributed by atoms with Crippen molar-refractivity contribution in [2.75, 3.05) is 18.1 Å². The molecule has 2 heterocycles. The van der Waals surface area contributed by atoms with E-state index in [0.29, 0.717) is 10.9 Å². The van der Waals surface area contributed by atoms with Gasteiger partial charge in [-0.25, -0.2) is 8.42 Å². The highest BCUT2D eigenvalue weighted by Crippen LogP contribution is 2.32. The standard InChI is InChI=1S/C18H21O2S.CHF3O3S/c1-2-12-21(11-1)17-6-3-5-14-8-9-15(13-16(14)17)20-18-7-4-10-19-18;2-1(3,4)8(5,6)7/h3,5-6,8-9,13,18H,1-2,4,7,10-12H2;(H,5,6,7)/q+1;/p-1. The first-order chi connectivity index (χ1) is 13.6. The molecule has 0 spiro atoms. The van der Waals surface area contributed by atoms with Crippen LogP contribution in [0.1, 0.15) is 25.7 Å². The molecule has 4 rings (SSSR count). The van der Waals surface area contributed by atoms with Crippen molar-refractivity contribution in [1.82, 2.24) is 0 Å². The Labute approximate surface area is 170 Å². The Morgan fingerprint density at radius 3 is 2.38 bits per heavy atom. The normalized spacial score (nSPS) is 20.5. The van der Waals surface area contributed by atoms with Crippen molar-refractivity contribution in [3.63, 3.8) is 0 Å². The molecule has 1 atom stereocenters. The predicted octanol–water partition coefficient (Wildman–Crippen LogP) is 4.18. The Bertz CT molecular complexity index is 935. The molecule has 160 valence electrons. The molecule has 2 saturated heterocycles. The van der Waals surface area contributed by atoms with Crippen LogP contribution in [0, 0.1) is 0 Å². The fraction of sp³-hybridized carbons (Fsp3) is 0.474. The van der Waals surface area contributed by atoms with Gasteiger partial charge in [0.15, 0.2) is 21.3 Å². The van der Waals surface area contributed by atoms with Gasteiger partial charge in [-0.3, -0.25) is 0 Å². The Kier molecular flexibility index (Phi) is 6.98. The molecule has 0 radical (unpaired) electrons. The lowest BCUT2D eigenvalue weighted by atomic mass is 10.1. The summed E-state index contributed by atoms with van der Waals surface area (Å²) in [6.45, 7) is 0.826. The molecule has 2 fully saturated rings. The summed E-state index contributed by atoms with van der Waals surface area (Å²) in [5.74, 6) is 3.66. The summed E-state index contributed by atoms with van der Waals surface area (Å²) in [4.78, 5) is 1.53. The number of halogens is 3. The summed E-state index contributed by atoms with van der Waals surface area (Å²) in [6, 6.07) is 13.2. The summed E-state index contributed by atoms with van der Waals surface area (Å²) in [5, 5.41) is 2.70. The van der Waals surface area contributed by atoms with E-state index in [2.05, 4.69) is 36.4 Å². The Morgan fingerprint density at radius 2 is 1.79 bits per heavy atom. The van der Waals surface area contributed by atoms with Crippen molar-refractivity contribution >= 4 is 31.8 Å². The van der Waals surface area contributed by atoms with E-state index in [4.69, 9.17) is 22.4 Å². The van der Waals surface area contributed by atoms with Gasteiger partial charge in [0.1, 0.15) is 17.3 Å². The highest BCUT2D eigenvalue weighted by Gasteiger charge is 2.37.